The van der Waals surface area contributed by atoms with E-state index in [1.54, 1.807) is 0 Å². The first-order valence-corrected chi connectivity index (χ1v) is 38.0. The Morgan fingerprint density at radius 3 is 2.28 bits per heavy atom. The van der Waals surface area contributed by atoms with E-state index in [2.05, 4.69) is 57.5 Å². The van der Waals surface area contributed by atoms with Crippen molar-refractivity contribution in [2.24, 2.45) is 39.9 Å². The molecule has 2 aromatic rings. The number of thioether (sulfide) groups is 1. The molecule has 9 rings (SSSR count). The Kier molecular flexibility index (Phi) is 24.3. The van der Waals surface area contributed by atoms with E-state index in [1.165, 1.54) is 31.7 Å². The number of imidazole rings is 1. The molecule has 36 nitrogen and oxygen atoms in total. The van der Waals surface area contributed by atoms with E-state index in [1.807, 2.05) is 6.92 Å². The molecule has 0 spiro atoms. The summed E-state index contributed by atoms with van der Waals surface area (Å²) in [4.78, 5) is 154. The number of nitrogens with one attached hydrogen (secondary N) is 5. The number of fused-ring (bicyclic) bond motifs is 6. The second kappa shape index (κ2) is 31.0. The van der Waals surface area contributed by atoms with Crippen molar-refractivity contribution >= 4 is 99.5 Å². The zero-order valence-corrected chi connectivity index (χ0v) is 58.0. The molecular weight excluding hydrogens is 1380 g/mol. The number of hydrogen-bond acceptors (Lipinski definition) is 26. The number of imide groups is 1. The molecule has 98 heavy (non-hydrogen) atoms. The molecular formula is C58H88N11O25P3S. The van der Waals surface area contributed by atoms with Crippen molar-refractivity contribution in [2.45, 2.75) is 184 Å². The van der Waals surface area contributed by atoms with Gasteiger partial charge in [0.25, 0.3) is 0 Å². The molecule has 2 aromatic heterocycles. The predicted molar refractivity (Wildman–Crippen MR) is 340 cm³/mol. The topological polar surface area (TPSA) is 538 Å². The van der Waals surface area contributed by atoms with Crippen LogP contribution in [-0.4, -0.2) is 204 Å². The summed E-state index contributed by atoms with van der Waals surface area (Å²) in [6.07, 6.45) is 0.317. The molecule has 40 heteroatoms. The SMILES string of the molecule is CC(C)(COP(=O)(O)OP(=O)(O)OC[C@H]1O[C@@H](n2cnc3c(N)ncnc32)[C@H](O)[C@@H]1OP(=O)(O)O)[C@@H](O)C(=O)NCCC(=O)NCCSC1CC(=O)N(CCCCCC(=O)NNC(=O)CCC(=O)N[C@H]2CC[C@@]3(C)[C@H](CC[C@@H]4[C@@H]3C[C@@H](O)[C@]3(C)[C@@H](C5=CC(=O)OC5)CC[C@]43O)C2)C1=O. The number of anilines is 1. The summed E-state index contributed by atoms with van der Waals surface area (Å²) in [5.41, 5.74) is 7.72. The molecule has 15 N–H and O–H groups in total. The summed E-state index contributed by atoms with van der Waals surface area (Å²) in [7, 11) is -16.6. The highest BCUT2D eigenvalue weighted by atomic mass is 32.2. The number of carbonyl (C=O) groups is 8. The number of nitrogen functional groups attached to an aromatic ring is 1. The van der Waals surface area contributed by atoms with E-state index in [9.17, 15) is 92.1 Å². The first-order valence-electron chi connectivity index (χ1n) is 32.4. The molecule has 7 amide bonds. The highest BCUT2D eigenvalue weighted by Gasteiger charge is 2.71. The molecule has 4 aliphatic carbocycles. The van der Waals surface area contributed by atoms with Crippen LogP contribution in [0.1, 0.15) is 137 Å². The lowest BCUT2D eigenvalue weighted by molar-refractivity contribution is -0.243. The van der Waals surface area contributed by atoms with Crippen LogP contribution in [0.5, 0.6) is 0 Å². The van der Waals surface area contributed by atoms with Gasteiger partial charge in [0.05, 0.1) is 36.5 Å². The Labute approximate surface area is 567 Å². The first kappa shape index (κ1) is 76.7. The monoisotopic (exact) mass is 1460 g/mol. The van der Waals surface area contributed by atoms with Gasteiger partial charge in [0.15, 0.2) is 17.7 Å². The van der Waals surface area contributed by atoms with E-state index in [-0.39, 0.29) is 140 Å². The molecule has 0 aromatic carbocycles. The lowest BCUT2D eigenvalue weighted by Gasteiger charge is -2.65. The number of aliphatic hydroxyl groups excluding tert-OH is 3. The number of cyclic esters (lactones) is 1. The zero-order valence-electron chi connectivity index (χ0n) is 54.5. The highest BCUT2D eigenvalue weighted by molar-refractivity contribution is 8.00. The number of amides is 7. The number of aromatic nitrogens is 4. The van der Waals surface area contributed by atoms with Crippen LogP contribution < -0.4 is 32.5 Å². The maximum absolute atomic E-state index is 13.1. The van der Waals surface area contributed by atoms with Crippen LogP contribution in [-0.2, 0) is 79.4 Å². The largest absolute Gasteiger partial charge is 0.481 e. The number of esters is 1. The number of carbonyl (C=O) groups excluding carboxylic acids is 8. The molecule has 3 unspecified atom stereocenters. The summed E-state index contributed by atoms with van der Waals surface area (Å²) >= 11 is 1.17. The van der Waals surface area contributed by atoms with Gasteiger partial charge in [-0.15, -0.1) is 11.8 Å². The van der Waals surface area contributed by atoms with Gasteiger partial charge in [-0.25, -0.2) is 33.4 Å². The quantitative estimate of drug-likeness (QED) is 0.0160. The summed E-state index contributed by atoms with van der Waals surface area (Å²) in [5, 5.41) is 53.5. The number of hydrazine groups is 1. The van der Waals surface area contributed by atoms with Gasteiger partial charge >= 0.3 is 29.4 Å². The van der Waals surface area contributed by atoms with Crippen LogP contribution in [0.3, 0.4) is 0 Å². The standard InChI is InChI=1S/C58H88N11O25P3S/c1-55(2,28-91-97(87,88)94-96(85,86)90-27-37-48(93-95(82,83)84)47(77)54(92-37)69-30-64-46-50(59)62-29-63-51(46)69)49(78)52(79)61-18-15-40(71)60-19-21-98-38-25-44(75)68(53(38)80)20-7-5-6-8-42(73)66-67-43(74)12-11-41(72)65-33-13-16-56(3)32(23-33)9-10-35-36(56)24-39(70)57(4)34(14-17-58(35,57)81)31-22-45(76)89-26-31/h22,29-30,32-39,47-49,54,70,77-78,81H,5-21,23-28H2,1-4H3,(H,60,71)(H,61,79)(H,65,72)(H,66,73)(H,67,74)(H,85,86)(H,87,88)(H2,59,62,63)(H2,82,83,84)/t32-,33+,34-,35-,36+,37-,38?,39-,47-,48-,49+,54-,56+,57+,58+/m1/s1. The number of hydrogen-bond donors (Lipinski definition) is 14. The van der Waals surface area contributed by atoms with E-state index >= 15 is 0 Å². The minimum Gasteiger partial charge on any atom is -0.458 e. The molecule has 2 saturated heterocycles. The molecule has 6 fully saturated rings. The van der Waals surface area contributed by atoms with Crippen molar-refractivity contribution in [2.75, 3.05) is 50.9 Å². The van der Waals surface area contributed by atoms with Gasteiger partial charge in [-0.2, -0.15) is 4.31 Å². The van der Waals surface area contributed by atoms with Crippen molar-refractivity contribution in [3.63, 3.8) is 0 Å². The number of phosphoric ester groups is 3. The fraction of sp³-hybridized carbons (Fsp3) is 0.741. The summed E-state index contributed by atoms with van der Waals surface area (Å²) in [5.74, 6) is -3.56. The third kappa shape index (κ3) is 17.5. The third-order valence-corrected chi connectivity index (χ3v) is 25.0. The van der Waals surface area contributed by atoms with Crippen LogP contribution in [0.25, 0.3) is 11.2 Å². The summed E-state index contributed by atoms with van der Waals surface area (Å²) in [6, 6.07) is -0.0883. The molecule has 17 atom stereocenters. The Morgan fingerprint density at radius 2 is 1.56 bits per heavy atom. The molecule has 0 radical (unpaired) electrons. The Hall–Kier alpha value is -5.43. The number of phosphoric acid groups is 3. The van der Waals surface area contributed by atoms with Crippen molar-refractivity contribution in [3.05, 3.63) is 24.3 Å². The number of rotatable bonds is 31. The average Bonchev–Trinajstić information content (AvgIpc) is 1.40. The predicted octanol–water partition coefficient (Wildman–Crippen LogP) is 0.466. The number of ether oxygens (including phenoxy) is 2. The lowest BCUT2D eigenvalue weighted by atomic mass is 9.42. The normalized spacial score (nSPS) is 31.6. The second-order valence-corrected chi connectivity index (χ2v) is 32.9. The fourth-order valence-corrected chi connectivity index (χ4v) is 19.3. The van der Waals surface area contributed by atoms with Gasteiger partial charge in [0, 0.05) is 80.4 Å². The molecule has 546 valence electrons. The fourth-order valence-electron chi connectivity index (χ4n) is 15.4. The Morgan fingerprint density at radius 1 is 0.847 bits per heavy atom. The van der Waals surface area contributed by atoms with E-state index in [0.29, 0.717) is 38.5 Å². The van der Waals surface area contributed by atoms with Crippen molar-refractivity contribution in [3.8, 4) is 0 Å². The molecule has 5 heterocycles. The minimum atomic E-state index is -5.64. The van der Waals surface area contributed by atoms with Crippen LogP contribution in [0, 0.1) is 39.9 Å². The smallest absolute Gasteiger partial charge is 0.458 e. The van der Waals surface area contributed by atoms with Crippen molar-refractivity contribution in [1.82, 2.24) is 51.2 Å². The van der Waals surface area contributed by atoms with Gasteiger partial charge < -0.3 is 71.2 Å². The Bertz CT molecular complexity index is 3530. The van der Waals surface area contributed by atoms with Crippen LogP contribution >= 0.6 is 35.2 Å². The number of nitrogens with two attached hydrogens (primary N) is 1. The van der Waals surface area contributed by atoms with Crippen molar-refractivity contribution in [1.29, 1.82) is 0 Å². The number of nitrogens with zero attached hydrogens (tertiary/aromatic N) is 5. The summed E-state index contributed by atoms with van der Waals surface area (Å²) in [6.45, 7) is 4.72. The Balaban J connectivity index is 0.588. The van der Waals surface area contributed by atoms with Crippen LogP contribution in [0.15, 0.2) is 24.3 Å². The number of likely N-dealkylation sites (tertiary alicyclic amines) is 1. The molecule has 3 aliphatic heterocycles. The van der Waals surface area contributed by atoms with Gasteiger partial charge in [-0.1, -0.05) is 34.1 Å². The van der Waals surface area contributed by atoms with Gasteiger partial charge in [-0.05, 0) is 98.9 Å². The maximum Gasteiger partial charge on any atom is 0.481 e. The third-order valence-electron chi connectivity index (χ3n) is 20.7. The van der Waals surface area contributed by atoms with Gasteiger partial charge in [0.1, 0.15) is 42.9 Å². The molecule has 0 bridgehead atoms. The summed E-state index contributed by atoms with van der Waals surface area (Å²) < 4.78 is 68.0. The zero-order chi connectivity index (χ0) is 71.5. The van der Waals surface area contributed by atoms with Crippen LogP contribution in [0.4, 0.5) is 5.82 Å². The molecule has 4 saturated carbocycles. The number of unbranched alkanes of at least 4 members (excludes halogenated alkanes) is 2. The van der Waals surface area contributed by atoms with Gasteiger partial charge in [0.2, 0.25) is 41.4 Å². The average molecular weight is 1460 g/mol. The highest BCUT2D eigenvalue weighted by Crippen LogP contribution is 2.70. The van der Waals surface area contributed by atoms with Crippen LogP contribution in [0.2, 0.25) is 0 Å². The van der Waals surface area contributed by atoms with Crippen molar-refractivity contribution < 1.29 is 119 Å². The lowest BCUT2D eigenvalue weighted by Crippen LogP contribution is -2.67. The first-order chi connectivity index (χ1) is 46.0. The minimum absolute atomic E-state index is 0.000847. The number of aliphatic hydroxyl groups is 4. The van der Waals surface area contributed by atoms with E-state index in [0.717, 1.165) is 59.8 Å². The van der Waals surface area contributed by atoms with E-state index in [4.69, 9.17) is 24.3 Å². The maximum atomic E-state index is 13.1. The van der Waals surface area contributed by atoms with Gasteiger partial charge in [-0.3, -0.25) is 67.5 Å². The molecule has 7 aliphatic rings. The van der Waals surface area contributed by atoms with E-state index < -0.39 is 119 Å². The second-order valence-electron chi connectivity index (χ2n) is 27.3.